The summed E-state index contributed by atoms with van der Waals surface area (Å²) in [7, 11) is 0. The number of hydrogen-bond acceptors (Lipinski definition) is 4. The lowest BCUT2D eigenvalue weighted by atomic mass is 10.2. The van der Waals surface area contributed by atoms with Crippen LogP contribution >= 0.6 is 0 Å². The lowest BCUT2D eigenvalue weighted by molar-refractivity contribution is 0.114. The van der Waals surface area contributed by atoms with E-state index in [-0.39, 0.29) is 0 Å². The van der Waals surface area contributed by atoms with Crippen LogP contribution in [0.1, 0.15) is 39.2 Å². The van der Waals surface area contributed by atoms with Crippen molar-refractivity contribution in [1.82, 2.24) is 15.5 Å². The topological polar surface area (TPSA) is 58.1 Å². The summed E-state index contributed by atoms with van der Waals surface area (Å²) < 4.78 is 11.5. The average molecular weight is 377 g/mol. The minimum absolute atomic E-state index is 0.307. The zero-order chi connectivity index (χ0) is 19.3. The number of aliphatic imine (C=N–C) groups is 1. The van der Waals surface area contributed by atoms with Gasteiger partial charge < -0.3 is 25.0 Å². The smallest absolute Gasteiger partial charge is 0.191 e. The van der Waals surface area contributed by atoms with Gasteiger partial charge in [-0.25, -0.2) is 4.99 Å². The molecule has 1 atom stereocenters. The van der Waals surface area contributed by atoms with Gasteiger partial charge in [0.25, 0.3) is 0 Å². The number of guanidine groups is 1. The average Bonchev–Trinajstić information content (AvgIpc) is 3.22. The van der Waals surface area contributed by atoms with Gasteiger partial charge in [-0.1, -0.05) is 26.0 Å². The van der Waals surface area contributed by atoms with Gasteiger partial charge in [0.15, 0.2) is 5.96 Å². The highest BCUT2D eigenvalue weighted by Gasteiger charge is 2.15. The third-order valence-corrected chi connectivity index (χ3v) is 4.78. The van der Waals surface area contributed by atoms with Crippen LogP contribution in [0.25, 0.3) is 0 Å². The lowest BCUT2D eigenvalue weighted by Crippen LogP contribution is -2.41. The van der Waals surface area contributed by atoms with E-state index < -0.39 is 0 Å². The van der Waals surface area contributed by atoms with E-state index in [0.717, 1.165) is 70.5 Å². The van der Waals surface area contributed by atoms with Crippen molar-refractivity contribution in [1.29, 1.82) is 0 Å². The molecular formula is C21H36N4O2. The highest BCUT2D eigenvalue weighted by molar-refractivity contribution is 5.79. The molecule has 1 aromatic rings. The molecule has 1 aromatic carbocycles. The van der Waals surface area contributed by atoms with E-state index >= 15 is 0 Å². The van der Waals surface area contributed by atoms with Gasteiger partial charge >= 0.3 is 0 Å². The van der Waals surface area contributed by atoms with Crippen LogP contribution in [-0.4, -0.2) is 62.9 Å². The van der Waals surface area contributed by atoms with E-state index in [1.165, 1.54) is 5.56 Å². The molecule has 1 aliphatic rings. The second-order valence-electron chi connectivity index (χ2n) is 6.73. The molecule has 1 saturated heterocycles. The molecule has 6 nitrogen and oxygen atoms in total. The molecule has 0 bridgehead atoms. The molecular weight excluding hydrogens is 340 g/mol. The van der Waals surface area contributed by atoms with Gasteiger partial charge in [-0.15, -0.1) is 0 Å². The van der Waals surface area contributed by atoms with Crippen molar-refractivity contribution in [2.24, 2.45) is 4.99 Å². The molecule has 1 unspecified atom stereocenters. The Morgan fingerprint density at radius 1 is 1.19 bits per heavy atom. The van der Waals surface area contributed by atoms with E-state index in [1.807, 2.05) is 12.1 Å². The predicted octanol–water partition coefficient (Wildman–Crippen LogP) is 2.64. The van der Waals surface area contributed by atoms with Crippen LogP contribution in [-0.2, 0) is 11.3 Å². The number of nitrogens with zero attached hydrogens (tertiary/aromatic N) is 2. The Hall–Kier alpha value is -1.79. The van der Waals surface area contributed by atoms with Gasteiger partial charge in [-0.2, -0.15) is 0 Å². The molecule has 0 aromatic heterocycles. The normalized spacial score (nSPS) is 17.3. The Balaban J connectivity index is 1.77. The van der Waals surface area contributed by atoms with E-state index in [4.69, 9.17) is 9.47 Å². The molecule has 0 spiro atoms. The van der Waals surface area contributed by atoms with E-state index in [9.17, 15) is 0 Å². The number of hydrogen-bond donors (Lipinski definition) is 2. The molecule has 0 amide bonds. The van der Waals surface area contributed by atoms with Crippen molar-refractivity contribution in [2.75, 3.05) is 45.9 Å². The first-order valence-corrected chi connectivity index (χ1v) is 10.3. The zero-order valence-electron chi connectivity index (χ0n) is 17.2. The van der Waals surface area contributed by atoms with Crippen molar-refractivity contribution >= 4 is 5.96 Å². The number of likely N-dealkylation sites (N-methyl/N-ethyl adjacent to an activating group) is 1. The molecule has 2 rings (SSSR count). The second-order valence-corrected chi connectivity index (χ2v) is 6.73. The first-order chi connectivity index (χ1) is 13.2. The first kappa shape index (κ1) is 21.5. The highest BCUT2D eigenvalue weighted by Crippen LogP contribution is 2.13. The molecule has 152 valence electrons. The fourth-order valence-electron chi connectivity index (χ4n) is 3.05. The van der Waals surface area contributed by atoms with Gasteiger partial charge in [0.1, 0.15) is 12.4 Å². The summed E-state index contributed by atoms with van der Waals surface area (Å²) in [5.74, 6) is 1.76. The molecule has 0 saturated carbocycles. The molecule has 27 heavy (non-hydrogen) atoms. The fourth-order valence-corrected chi connectivity index (χ4v) is 3.05. The molecule has 1 aliphatic heterocycles. The Morgan fingerprint density at radius 2 is 1.96 bits per heavy atom. The third kappa shape index (κ3) is 8.18. The second kappa shape index (κ2) is 12.6. The fraction of sp³-hybridized carbons (Fsp3) is 0.667. The summed E-state index contributed by atoms with van der Waals surface area (Å²) in [4.78, 5) is 7.03. The monoisotopic (exact) mass is 376 g/mol. The zero-order valence-corrected chi connectivity index (χ0v) is 17.2. The van der Waals surface area contributed by atoms with Gasteiger partial charge in [0.05, 0.1) is 12.6 Å². The molecule has 0 radical (unpaired) electrons. The number of benzene rings is 1. The van der Waals surface area contributed by atoms with Crippen LogP contribution in [0.5, 0.6) is 5.75 Å². The predicted molar refractivity (Wildman–Crippen MR) is 112 cm³/mol. The molecule has 6 heteroatoms. The van der Waals surface area contributed by atoms with Gasteiger partial charge in [0.2, 0.25) is 0 Å². The maximum absolute atomic E-state index is 5.84. The van der Waals surface area contributed by atoms with Crippen LogP contribution in [0.4, 0.5) is 0 Å². The maximum atomic E-state index is 5.84. The van der Waals surface area contributed by atoms with Crippen LogP contribution in [0, 0.1) is 0 Å². The largest absolute Gasteiger partial charge is 0.492 e. The van der Waals surface area contributed by atoms with Crippen molar-refractivity contribution in [3.8, 4) is 5.75 Å². The quantitative estimate of drug-likeness (QED) is 0.459. The Kier molecular flexibility index (Phi) is 10.0. The highest BCUT2D eigenvalue weighted by atomic mass is 16.5. The van der Waals surface area contributed by atoms with Crippen molar-refractivity contribution < 1.29 is 9.47 Å². The summed E-state index contributed by atoms with van der Waals surface area (Å²) in [6, 6.07) is 8.22. The minimum Gasteiger partial charge on any atom is -0.492 e. The Labute approximate surface area is 164 Å². The Morgan fingerprint density at radius 3 is 2.59 bits per heavy atom. The van der Waals surface area contributed by atoms with Crippen LogP contribution in [0.15, 0.2) is 29.3 Å². The Bertz CT molecular complexity index is 538. The lowest BCUT2D eigenvalue weighted by Gasteiger charge is -2.18. The van der Waals surface area contributed by atoms with Crippen LogP contribution < -0.4 is 15.4 Å². The van der Waals surface area contributed by atoms with Gasteiger partial charge in [0, 0.05) is 26.2 Å². The first-order valence-electron chi connectivity index (χ1n) is 10.3. The van der Waals surface area contributed by atoms with Crippen molar-refractivity contribution in [2.45, 2.75) is 46.3 Å². The SMILES string of the molecule is CCNC(=NCc1ccc(OCCN(CC)CC)cc1)NCC1CCCO1. The molecule has 2 N–H and O–H groups in total. The summed E-state index contributed by atoms with van der Waals surface area (Å²) in [5.41, 5.74) is 1.17. The molecule has 1 heterocycles. The van der Waals surface area contributed by atoms with Crippen molar-refractivity contribution in [3.63, 3.8) is 0 Å². The standard InChI is InChI=1S/C21H36N4O2/c1-4-22-21(24-17-20-8-7-14-26-20)23-16-18-9-11-19(12-10-18)27-15-13-25(5-2)6-3/h9-12,20H,4-8,13-17H2,1-3H3,(H2,22,23,24). The summed E-state index contributed by atoms with van der Waals surface area (Å²) in [5, 5.41) is 6.67. The molecule has 1 fully saturated rings. The van der Waals surface area contributed by atoms with Crippen LogP contribution in [0.2, 0.25) is 0 Å². The number of nitrogens with one attached hydrogen (secondary N) is 2. The van der Waals surface area contributed by atoms with E-state index in [0.29, 0.717) is 12.6 Å². The van der Waals surface area contributed by atoms with Gasteiger partial charge in [-0.05, 0) is 50.6 Å². The minimum atomic E-state index is 0.307. The number of rotatable bonds is 11. The van der Waals surface area contributed by atoms with Crippen molar-refractivity contribution in [3.05, 3.63) is 29.8 Å². The molecule has 0 aliphatic carbocycles. The third-order valence-electron chi connectivity index (χ3n) is 4.78. The van der Waals surface area contributed by atoms with E-state index in [2.05, 4.69) is 53.4 Å². The van der Waals surface area contributed by atoms with Crippen LogP contribution in [0.3, 0.4) is 0 Å². The van der Waals surface area contributed by atoms with E-state index in [1.54, 1.807) is 0 Å². The maximum Gasteiger partial charge on any atom is 0.191 e. The van der Waals surface area contributed by atoms with Gasteiger partial charge in [-0.3, -0.25) is 0 Å². The summed E-state index contributed by atoms with van der Waals surface area (Å²) in [6.45, 7) is 13.4. The summed E-state index contributed by atoms with van der Waals surface area (Å²) >= 11 is 0. The number of ether oxygens (including phenoxy) is 2. The summed E-state index contributed by atoms with van der Waals surface area (Å²) in [6.07, 6.45) is 2.59.